The number of nitrogens with two attached hydrogens (primary N) is 1. The third-order valence-corrected chi connectivity index (χ3v) is 1.77. The highest BCUT2D eigenvalue weighted by molar-refractivity contribution is 6.32. The maximum Gasteiger partial charge on any atom is 0.337 e. The zero-order valence-corrected chi connectivity index (χ0v) is 7.42. The highest BCUT2D eigenvalue weighted by Crippen LogP contribution is 2.26. The van der Waals surface area contributed by atoms with Gasteiger partial charge in [-0.3, -0.25) is 0 Å². The molecular formula is C7H5ClF2N2O2. The summed E-state index contributed by atoms with van der Waals surface area (Å²) in [6.07, 6.45) is -2.88. The first-order valence-electron chi connectivity index (χ1n) is 3.41. The molecule has 1 rings (SSSR count). The van der Waals surface area contributed by atoms with Crippen molar-refractivity contribution in [1.82, 2.24) is 4.98 Å². The number of anilines is 1. The molecule has 3 N–H and O–H groups in total. The summed E-state index contributed by atoms with van der Waals surface area (Å²) in [5, 5.41) is 8.15. The van der Waals surface area contributed by atoms with Crippen molar-refractivity contribution < 1.29 is 18.7 Å². The molecule has 0 aromatic carbocycles. The molecule has 14 heavy (non-hydrogen) atoms. The van der Waals surface area contributed by atoms with E-state index in [1.807, 2.05) is 0 Å². The highest BCUT2D eigenvalue weighted by Gasteiger charge is 2.18. The van der Waals surface area contributed by atoms with Crippen molar-refractivity contribution in [2.45, 2.75) is 6.43 Å². The van der Waals surface area contributed by atoms with Crippen LogP contribution in [0.25, 0.3) is 0 Å². The van der Waals surface area contributed by atoms with Crippen LogP contribution in [0.2, 0.25) is 5.15 Å². The topological polar surface area (TPSA) is 76.2 Å². The minimum Gasteiger partial charge on any atom is -0.478 e. The fraction of sp³-hybridized carbons (Fsp3) is 0.143. The van der Waals surface area contributed by atoms with E-state index in [0.29, 0.717) is 6.07 Å². The van der Waals surface area contributed by atoms with E-state index in [1.165, 1.54) is 0 Å². The van der Waals surface area contributed by atoms with Crippen molar-refractivity contribution >= 4 is 23.3 Å². The van der Waals surface area contributed by atoms with Crippen LogP contribution in [0.5, 0.6) is 0 Å². The molecule has 0 saturated heterocycles. The number of carboxylic acids is 1. The summed E-state index contributed by atoms with van der Waals surface area (Å²) in [5.41, 5.74) is 3.74. The second kappa shape index (κ2) is 3.75. The van der Waals surface area contributed by atoms with E-state index in [-0.39, 0.29) is 5.69 Å². The number of alkyl halides is 2. The van der Waals surface area contributed by atoms with Gasteiger partial charge in [-0.05, 0) is 6.07 Å². The lowest BCUT2D eigenvalue weighted by Crippen LogP contribution is -2.06. The van der Waals surface area contributed by atoms with Gasteiger partial charge in [-0.15, -0.1) is 0 Å². The monoisotopic (exact) mass is 222 g/mol. The first kappa shape index (κ1) is 10.6. The van der Waals surface area contributed by atoms with E-state index in [0.717, 1.165) is 0 Å². The molecule has 1 aromatic rings. The molecule has 1 heterocycles. The number of rotatable bonds is 2. The Kier molecular flexibility index (Phi) is 2.85. The summed E-state index contributed by atoms with van der Waals surface area (Å²) in [6.45, 7) is 0. The van der Waals surface area contributed by atoms with Gasteiger partial charge in [0, 0.05) is 0 Å². The van der Waals surface area contributed by atoms with Crippen LogP contribution in [-0.4, -0.2) is 16.1 Å². The van der Waals surface area contributed by atoms with Gasteiger partial charge in [-0.1, -0.05) is 11.6 Å². The van der Waals surface area contributed by atoms with Crippen LogP contribution in [0.4, 0.5) is 14.5 Å². The fourth-order valence-corrected chi connectivity index (χ4v) is 1.03. The van der Waals surface area contributed by atoms with E-state index < -0.39 is 28.8 Å². The fourth-order valence-electron chi connectivity index (χ4n) is 0.831. The molecule has 7 heteroatoms. The maximum absolute atomic E-state index is 12.2. The average Bonchev–Trinajstić information content (AvgIpc) is 2.08. The number of nitrogens with zero attached hydrogens (tertiary/aromatic N) is 1. The van der Waals surface area contributed by atoms with Crippen LogP contribution in [0.15, 0.2) is 6.07 Å². The SMILES string of the molecule is Nc1c(C(=O)O)cc(C(F)F)nc1Cl. The Hall–Kier alpha value is -1.43. The molecule has 0 atom stereocenters. The Morgan fingerprint density at radius 3 is 2.64 bits per heavy atom. The summed E-state index contributed by atoms with van der Waals surface area (Å²) in [4.78, 5) is 13.8. The van der Waals surface area contributed by atoms with Crippen molar-refractivity contribution in [3.63, 3.8) is 0 Å². The first-order valence-corrected chi connectivity index (χ1v) is 3.78. The molecule has 0 amide bonds. The third-order valence-electron chi connectivity index (χ3n) is 1.49. The zero-order valence-electron chi connectivity index (χ0n) is 6.67. The number of halogens is 3. The molecule has 0 fully saturated rings. The molecule has 0 bridgehead atoms. The van der Waals surface area contributed by atoms with Crippen molar-refractivity contribution in [2.75, 3.05) is 5.73 Å². The van der Waals surface area contributed by atoms with Gasteiger partial charge < -0.3 is 10.8 Å². The zero-order chi connectivity index (χ0) is 10.9. The van der Waals surface area contributed by atoms with Gasteiger partial charge in [-0.25, -0.2) is 18.6 Å². The highest BCUT2D eigenvalue weighted by atomic mass is 35.5. The van der Waals surface area contributed by atoms with Crippen molar-refractivity contribution in [3.8, 4) is 0 Å². The summed E-state index contributed by atoms with van der Waals surface area (Å²) in [6, 6.07) is 0.703. The number of hydrogen-bond acceptors (Lipinski definition) is 3. The van der Waals surface area contributed by atoms with E-state index in [4.69, 9.17) is 22.4 Å². The van der Waals surface area contributed by atoms with Gasteiger partial charge in [0.05, 0.1) is 11.3 Å². The smallest absolute Gasteiger partial charge is 0.337 e. The van der Waals surface area contributed by atoms with Crippen LogP contribution in [-0.2, 0) is 0 Å². The normalized spacial score (nSPS) is 10.6. The Bertz CT molecular complexity index is 384. The van der Waals surface area contributed by atoms with E-state index in [2.05, 4.69) is 4.98 Å². The number of carbonyl (C=O) groups is 1. The Balaban J connectivity index is 3.35. The summed E-state index contributed by atoms with van der Waals surface area (Å²) in [7, 11) is 0. The van der Waals surface area contributed by atoms with Crippen molar-refractivity contribution in [2.24, 2.45) is 0 Å². The second-order valence-electron chi connectivity index (χ2n) is 2.41. The molecule has 1 aromatic heterocycles. The molecule has 0 radical (unpaired) electrons. The first-order chi connectivity index (χ1) is 6.43. The molecule has 0 spiro atoms. The van der Waals surface area contributed by atoms with E-state index in [1.54, 1.807) is 0 Å². The number of aromatic carboxylic acids is 1. The average molecular weight is 223 g/mol. The third kappa shape index (κ3) is 1.90. The molecule has 76 valence electrons. The molecule has 0 aliphatic carbocycles. The number of hydrogen-bond donors (Lipinski definition) is 2. The predicted octanol–water partition coefficient (Wildman–Crippen LogP) is 1.95. The summed E-state index contributed by atoms with van der Waals surface area (Å²) in [5.74, 6) is -1.42. The molecular weight excluding hydrogens is 218 g/mol. The minimum absolute atomic E-state index is 0.316. The molecule has 4 nitrogen and oxygen atoms in total. The Labute approximate surface area is 82.3 Å². The molecule has 0 saturated carbocycles. The molecule has 0 aliphatic rings. The van der Waals surface area contributed by atoms with Gasteiger partial charge in [-0.2, -0.15) is 0 Å². The van der Waals surface area contributed by atoms with Gasteiger partial charge in [0.15, 0.2) is 5.15 Å². The van der Waals surface area contributed by atoms with Crippen molar-refractivity contribution in [1.29, 1.82) is 0 Å². The predicted molar refractivity (Wildman–Crippen MR) is 45.6 cm³/mol. The van der Waals surface area contributed by atoms with Crippen LogP contribution >= 0.6 is 11.6 Å². The number of pyridine rings is 1. The quantitative estimate of drug-likeness (QED) is 0.750. The summed E-state index contributed by atoms with van der Waals surface area (Å²) >= 11 is 5.37. The standard InChI is InChI=1S/C7H5ClF2N2O2/c8-5-4(11)2(7(13)14)1-3(12-5)6(9)10/h1,6H,11H2,(H,13,14). The van der Waals surface area contributed by atoms with Gasteiger partial charge in [0.25, 0.3) is 6.43 Å². The lowest BCUT2D eigenvalue weighted by atomic mass is 10.2. The molecule has 0 unspecified atom stereocenters. The number of aromatic nitrogens is 1. The second-order valence-corrected chi connectivity index (χ2v) is 2.76. The molecule has 0 aliphatic heterocycles. The van der Waals surface area contributed by atoms with Gasteiger partial charge >= 0.3 is 5.97 Å². The number of carboxylic acid groups (broad SMARTS) is 1. The van der Waals surface area contributed by atoms with Crippen molar-refractivity contribution in [3.05, 3.63) is 22.5 Å². The Morgan fingerprint density at radius 2 is 2.21 bits per heavy atom. The van der Waals surface area contributed by atoms with Gasteiger partial charge in [0.2, 0.25) is 0 Å². The van der Waals surface area contributed by atoms with Crippen LogP contribution in [0.3, 0.4) is 0 Å². The van der Waals surface area contributed by atoms with Crippen LogP contribution in [0, 0.1) is 0 Å². The maximum atomic E-state index is 12.2. The minimum atomic E-state index is -2.88. The largest absolute Gasteiger partial charge is 0.478 e. The van der Waals surface area contributed by atoms with Crippen LogP contribution in [0.1, 0.15) is 22.5 Å². The number of nitrogen functional groups attached to an aromatic ring is 1. The van der Waals surface area contributed by atoms with Gasteiger partial charge in [0.1, 0.15) is 5.69 Å². The van der Waals surface area contributed by atoms with E-state index >= 15 is 0 Å². The Morgan fingerprint density at radius 1 is 1.64 bits per heavy atom. The summed E-state index contributed by atoms with van der Waals surface area (Å²) < 4.78 is 24.3. The lowest BCUT2D eigenvalue weighted by molar-refractivity contribution is 0.0697. The lowest BCUT2D eigenvalue weighted by Gasteiger charge is -2.05. The van der Waals surface area contributed by atoms with Crippen LogP contribution < -0.4 is 5.73 Å². The van der Waals surface area contributed by atoms with E-state index in [9.17, 15) is 13.6 Å².